The van der Waals surface area contributed by atoms with Crippen LogP contribution in [0.25, 0.3) is 11.5 Å². The first kappa shape index (κ1) is 18.8. The predicted molar refractivity (Wildman–Crippen MR) is 110 cm³/mol. The lowest BCUT2D eigenvalue weighted by atomic mass is 9.83. The van der Waals surface area contributed by atoms with Gasteiger partial charge in [0, 0.05) is 24.9 Å². The quantitative estimate of drug-likeness (QED) is 0.556. The van der Waals surface area contributed by atoms with Crippen molar-refractivity contribution in [3.05, 3.63) is 99.9 Å². The third kappa shape index (κ3) is 3.07. The van der Waals surface area contributed by atoms with Crippen molar-refractivity contribution in [3.8, 4) is 23.3 Å². The summed E-state index contributed by atoms with van der Waals surface area (Å²) in [5.74, 6) is -0.662. The van der Waals surface area contributed by atoms with E-state index >= 15 is 0 Å². The maximum atomic E-state index is 13.7. The zero-order valence-electron chi connectivity index (χ0n) is 16.2. The van der Waals surface area contributed by atoms with Crippen LogP contribution in [0.1, 0.15) is 28.7 Å². The second kappa shape index (κ2) is 7.22. The number of hydrogen-bond donors (Lipinski definition) is 1. The molecular weight excluding hydrogens is 397 g/mol. The van der Waals surface area contributed by atoms with Crippen LogP contribution in [-0.2, 0) is 6.54 Å². The number of benzene rings is 2. The number of fused-ring (bicyclic) bond motifs is 3. The lowest BCUT2D eigenvalue weighted by Crippen LogP contribution is -2.32. The molecule has 0 amide bonds. The number of nitrogens with zero attached hydrogens (tertiary/aromatic N) is 5. The normalized spacial score (nSPS) is 15.5. The van der Waals surface area contributed by atoms with E-state index in [-0.39, 0.29) is 23.5 Å². The van der Waals surface area contributed by atoms with Crippen LogP contribution in [0.2, 0.25) is 0 Å². The average Bonchev–Trinajstić information content (AvgIpc) is 3.26. The van der Waals surface area contributed by atoms with Gasteiger partial charge in [-0.05, 0) is 35.4 Å². The molecule has 5 rings (SSSR count). The Morgan fingerprint density at radius 1 is 1.19 bits per heavy atom. The van der Waals surface area contributed by atoms with Crippen LogP contribution in [-0.4, -0.2) is 24.4 Å². The summed E-state index contributed by atoms with van der Waals surface area (Å²) in [4.78, 5) is 16.4. The largest absolute Gasteiger partial charge is 0.503 e. The van der Waals surface area contributed by atoms with Gasteiger partial charge in [-0.2, -0.15) is 10.4 Å². The zero-order valence-corrected chi connectivity index (χ0v) is 16.2. The lowest BCUT2D eigenvalue weighted by Gasteiger charge is -2.34. The second-order valence-electron chi connectivity index (χ2n) is 7.39. The zero-order chi connectivity index (χ0) is 21.5. The van der Waals surface area contributed by atoms with Gasteiger partial charge in [0.15, 0.2) is 11.6 Å². The van der Waals surface area contributed by atoms with Crippen LogP contribution in [0, 0.1) is 17.1 Å². The van der Waals surface area contributed by atoms with E-state index in [1.807, 2.05) is 10.6 Å². The van der Waals surface area contributed by atoms with Gasteiger partial charge in [0.05, 0.1) is 23.9 Å². The van der Waals surface area contributed by atoms with Crippen molar-refractivity contribution in [1.82, 2.24) is 19.3 Å². The summed E-state index contributed by atoms with van der Waals surface area (Å²) < 4.78 is 17.1. The summed E-state index contributed by atoms with van der Waals surface area (Å²) >= 11 is 0. The summed E-state index contributed by atoms with van der Waals surface area (Å²) in [6.45, 7) is 0.455. The highest BCUT2D eigenvalue weighted by Gasteiger charge is 2.35. The Morgan fingerprint density at radius 2 is 2.00 bits per heavy atom. The molecule has 31 heavy (non-hydrogen) atoms. The molecule has 0 fully saturated rings. The van der Waals surface area contributed by atoms with E-state index in [9.17, 15) is 19.6 Å². The highest BCUT2D eigenvalue weighted by atomic mass is 19.1. The fraction of sp³-hybridized carbons (Fsp3) is 0.130. The van der Waals surface area contributed by atoms with E-state index in [2.05, 4.69) is 16.2 Å². The molecule has 4 aromatic rings. The number of rotatable bonds is 3. The highest BCUT2D eigenvalue weighted by molar-refractivity contribution is 5.60. The molecule has 1 N–H and O–H groups in total. The van der Waals surface area contributed by atoms with Crippen LogP contribution in [0.3, 0.4) is 0 Å². The number of hydrogen-bond acceptors (Lipinski definition) is 5. The van der Waals surface area contributed by atoms with E-state index in [1.54, 1.807) is 47.4 Å². The molecule has 8 heteroatoms. The fourth-order valence-corrected chi connectivity index (χ4v) is 4.23. The maximum absolute atomic E-state index is 13.7. The Hall–Kier alpha value is -4.25. The van der Waals surface area contributed by atoms with E-state index in [0.717, 1.165) is 17.3 Å². The monoisotopic (exact) mass is 413 g/mol. The molecule has 0 bridgehead atoms. The first-order chi connectivity index (χ1) is 15.1. The van der Waals surface area contributed by atoms with Gasteiger partial charge >= 0.3 is 0 Å². The Balaban J connectivity index is 1.76. The Labute approximate surface area is 176 Å². The number of halogens is 1. The molecule has 2 aromatic heterocycles. The third-order valence-electron chi connectivity index (χ3n) is 5.60. The molecule has 0 saturated heterocycles. The molecule has 2 atom stereocenters. The van der Waals surface area contributed by atoms with Gasteiger partial charge in [0.25, 0.3) is 0 Å². The Bertz CT molecular complexity index is 1380. The topological polar surface area (TPSA) is 96.7 Å². The molecule has 0 spiro atoms. The minimum absolute atomic E-state index is 0.234. The summed E-state index contributed by atoms with van der Waals surface area (Å²) in [6.07, 6.45) is 4.45. The molecule has 0 radical (unpaired) electrons. The molecule has 152 valence electrons. The predicted octanol–water partition coefficient (Wildman–Crippen LogP) is 3.21. The minimum atomic E-state index is -0.591. The fourth-order valence-electron chi connectivity index (χ4n) is 4.23. The van der Waals surface area contributed by atoms with Gasteiger partial charge in [0.2, 0.25) is 5.43 Å². The molecule has 2 aromatic carbocycles. The first-order valence-electron chi connectivity index (χ1n) is 9.64. The van der Waals surface area contributed by atoms with Crippen molar-refractivity contribution >= 4 is 0 Å². The Kier molecular flexibility index (Phi) is 4.37. The summed E-state index contributed by atoms with van der Waals surface area (Å²) in [6, 6.07) is 15.2. The standard InChI is InChI=1S/C23H16FN5O2/c24-17-6-4-15(5-7-17)20(16-3-1-2-14(10-16)11-25)18-13-28-9-8-26-23(28)21-22(31)19(30)12-27-29(18)21/h1-10,12,18,20,31H,13H2/t18-,20?/m1/s1. The van der Waals surface area contributed by atoms with Crippen LogP contribution in [0.15, 0.2) is 71.9 Å². The van der Waals surface area contributed by atoms with Crippen molar-refractivity contribution in [3.63, 3.8) is 0 Å². The molecule has 7 nitrogen and oxygen atoms in total. The van der Waals surface area contributed by atoms with Gasteiger partial charge in [-0.15, -0.1) is 0 Å². The SMILES string of the molecule is N#Cc1cccc(C(c2ccc(F)cc2)[C@H]2Cn3ccnc3-c3c(O)c(=O)cnn32)c1. The van der Waals surface area contributed by atoms with Crippen LogP contribution >= 0.6 is 0 Å². The molecule has 1 aliphatic heterocycles. The van der Waals surface area contributed by atoms with Gasteiger partial charge in [-0.3, -0.25) is 9.48 Å². The van der Waals surface area contributed by atoms with Gasteiger partial charge in [-0.25, -0.2) is 9.37 Å². The van der Waals surface area contributed by atoms with Crippen molar-refractivity contribution in [1.29, 1.82) is 5.26 Å². The molecule has 1 unspecified atom stereocenters. The molecular formula is C23H16FN5O2. The lowest BCUT2D eigenvalue weighted by molar-refractivity contribution is 0.331. The van der Waals surface area contributed by atoms with E-state index in [1.165, 1.54) is 12.1 Å². The maximum Gasteiger partial charge on any atom is 0.242 e. The number of aromatic nitrogens is 4. The minimum Gasteiger partial charge on any atom is -0.503 e. The van der Waals surface area contributed by atoms with E-state index in [0.29, 0.717) is 17.9 Å². The summed E-state index contributed by atoms with van der Waals surface area (Å²) in [5.41, 5.74) is 1.80. The molecule has 3 heterocycles. The van der Waals surface area contributed by atoms with Crippen molar-refractivity contribution in [2.75, 3.05) is 0 Å². The highest BCUT2D eigenvalue weighted by Crippen LogP contribution is 2.42. The van der Waals surface area contributed by atoms with Crippen molar-refractivity contribution < 1.29 is 9.50 Å². The van der Waals surface area contributed by atoms with Gasteiger partial charge in [-0.1, -0.05) is 24.3 Å². The number of aromatic hydroxyl groups is 1. The number of nitriles is 1. The van der Waals surface area contributed by atoms with Crippen LogP contribution in [0.4, 0.5) is 4.39 Å². The van der Waals surface area contributed by atoms with Gasteiger partial charge in [0.1, 0.15) is 11.5 Å². The molecule has 0 saturated carbocycles. The Morgan fingerprint density at radius 3 is 2.77 bits per heavy atom. The smallest absolute Gasteiger partial charge is 0.242 e. The average molecular weight is 413 g/mol. The van der Waals surface area contributed by atoms with E-state index < -0.39 is 11.2 Å². The van der Waals surface area contributed by atoms with Gasteiger partial charge < -0.3 is 9.67 Å². The van der Waals surface area contributed by atoms with Crippen molar-refractivity contribution in [2.45, 2.75) is 18.5 Å². The van der Waals surface area contributed by atoms with Crippen LogP contribution in [0.5, 0.6) is 5.75 Å². The second-order valence-corrected chi connectivity index (χ2v) is 7.39. The molecule has 1 aliphatic rings. The number of imidazole rings is 1. The first-order valence-corrected chi connectivity index (χ1v) is 9.64. The third-order valence-corrected chi connectivity index (χ3v) is 5.60. The van der Waals surface area contributed by atoms with Crippen molar-refractivity contribution in [2.24, 2.45) is 0 Å². The van der Waals surface area contributed by atoms with E-state index in [4.69, 9.17) is 0 Å². The molecule has 0 aliphatic carbocycles. The summed E-state index contributed by atoms with van der Waals surface area (Å²) in [7, 11) is 0. The van der Waals surface area contributed by atoms with Crippen LogP contribution < -0.4 is 5.43 Å². The summed E-state index contributed by atoms with van der Waals surface area (Å²) in [5, 5.41) is 24.3.